The maximum atomic E-state index is 12.9. The third-order valence-corrected chi connectivity index (χ3v) is 5.84. The lowest BCUT2D eigenvalue weighted by Gasteiger charge is -2.55. The number of hydrogen-bond acceptors (Lipinski definition) is 5. The predicted octanol–water partition coefficient (Wildman–Crippen LogP) is 3.17. The molecule has 0 radical (unpaired) electrons. The Morgan fingerprint density at radius 1 is 0.897 bits per heavy atom. The first kappa shape index (κ1) is 23.4. The third-order valence-electron chi connectivity index (χ3n) is 5.21. The van der Waals surface area contributed by atoms with Crippen LogP contribution in [0.1, 0.15) is 26.3 Å². The molecule has 2 rings (SSSR count). The SMILES string of the molecule is CC(O)[N+](C(C)O)(C(C)O)C(Nc1c(Cl)cccc1Cl)(C(=O)O)c1ccccc1. The standard InChI is InChI=1S/C20H24Cl2N2O5/c1-12(25)24(13(2)26,14(3)27)20(19(28)29,15-8-5-4-6-9-15)23-18-16(21)10-7-11-17(18)22/h4-14,23,25-27H,1-3H3/p+1. The largest absolute Gasteiger partial charge is 0.475 e. The molecule has 0 saturated heterocycles. The van der Waals surface area contributed by atoms with Gasteiger partial charge in [0.2, 0.25) is 0 Å². The normalized spacial score (nSPS) is 18.8. The van der Waals surface area contributed by atoms with Crippen LogP contribution in [0.25, 0.3) is 0 Å². The Bertz CT molecular complexity index is 819. The molecule has 0 aliphatic rings. The molecule has 0 aromatic heterocycles. The Morgan fingerprint density at radius 3 is 1.72 bits per heavy atom. The average Bonchev–Trinajstić information content (AvgIpc) is 2.63. The van der Waals surface area contributed by atoms with Crippen LogP contribution >= 0.6 is 23.2 Å². The fourth-order valence-corrected chi connectivity index (χ4v) is 4.48. The Labute approximate surface area is 179 Å². The highest BCUT2D eigenvalue weighted by Gasteiger charge is 2.66. The van der Waals surface area contributed by atoms with Gasteiger partial charge in [0.15, 0.2) is 18.7 Å². The Morgan fingerprint density at radius 2 is 1.34 bits per heavy atom. The van der Waals surface area contributed by atoms with Crippen molar-refractivity contribution in [3.63, 3.8) is 0 Å². The van der Waals surface area contributed by atoms with E-state index in [4.69, 9.17) is 23.2 Å². The summed E-state index contributed by atoms with van der Waals surface area (Å²) in [6.07, 6.45) is -4.54. The van der Waals surface area contributed by atoms with Gasteiger partial charge in [-0.2, -0.15) is 0 Å². The summed E-state index contributed by atoms with van der Waals surface area (Å²) in [6, 6.07) is 12.6. The van der Waals surface area contributed by atoms with Crippen LogP contribution in [0.2, 0.25) is 10.0 Å². The summed E-state index contributed by atoms with van der Waals surface area (Å²) in [5.41, 5.74) is -2.00. The first-order chi connectivity index (χ1) is 13.5. The minimum atomic E-state index is -2.26. The number of carboxylic acids is 1. The van der Waals surface area contributed by atoms with E-state index >= 15 is 0 Å². The first-order valence-corrected chi connectivity index (χ1v) is 9.72. The zero-order chi connectivity index (χ0) is 22.0. The third kappa shape index (κ3) is 3.70. The molecule has 0 amide bonds. The van der Waals surface area contributed by atoms with Crippen LogP contribution in [0.5, 0.6) is 0 Å². The molecule has 4 atom stereocenters. The van der Waals surface area contributed by atoms with Crippen molar-refractivity contribution < 1.29 is 29.7 Å². The van der Waals surface area contributed by atoms with E-state index < -0.39 is 34.8 Å². The van der Waals surface area contributed by atoms with Crippen LogP contribution in [0.15, 0.2) is 48.5 Å². The van der Waals surface area contributed by atoms with Gasteiger partial charge in [0.05, 0.1) is 15.7 Å². The minimum absolute atomic E-state index is 0.0894. The van der Waals surface area contributed by atoms with Crippen molar-refractivity contribution in [3.8, 4) is 0 Å². The number of benzene rings is 2. The number of aliphatic hydroxyl groups excluding tert-OH is 3. The molecule has 29 heavy (non-hydrogen) atoms. The van der Waals surface area contributed by atoms with Crippen molar-refractivity contribution in [1.82, 2.24) is 0 Å². The summed E-state index contributed by atoms with van der Waals surface area (Å²) in [6.45, 7) is 3.90. The highest BCUT2D eigenvalue weighted by atomic mass is 35.5. The van der Waals surface area contributed by atoms with E-state index in [1.165, 1.54) is 45.0 Å². The van der Waals surface area contributed by atoms with E-state index in [0.29, 0.717) is 0 Å². The van der Waals surface area contributed by atoms with E-state index in [0.717, 1.165) is 0 Å². The van der Waals surface area contributed by atoms with Gasteiger partial charge in [0, 0.05) is 26.3 Å². The lowest BCUT2D eigenvalue weighted by molar-refractivity contribution is -1.08. The Kier molecular flexibility index (Phi) is 7.16. The van der Waals surface area contributed by atoms with Gasteiger partial charge in [0.1, 0.15) is 0 Å². The fraction of sp³-hybridized carbons (Fsp3) is 0.350. The lowest BCUT2D eigenvalue weighted by Crippen LogP contribution is -2.78. The zero-order valence-corrected chi connectivity index (χ0v) is 17.8. The van der Waals surface area contributed by atoms with Gasteiger partial charge in [-0.25, -0.2) is 9.28 Å². The highest BCUT2D eigenvalue weighted by molar-refractivity contribution is 6.39. The van der Waals surface area contributed by atoms with Crippen LogP contribution in [-0.2, 0) is 10.5 Å². The van der Waals surface area contributed by atoms with Crippen molar-refractivity contribution in [1.29, 1.82) is 0 Å². The summed E-state index contributed by atoms with van der Waals surface area (Å²) in [5, 5.41) is 45.9. The molecule has 0 saturated carbocycles. The second-order valence-corrected chi connectivity index (χ2v) is 7.65. The lowest BCUT2D eigenvalue weighted by atomic mass is 9.91. The number of anilines is 1. The van der Waals surface area contributed by atoms with Crippen LogP contribution < -0.4 is 5.32 Å². The second-order valence-electron chi connectivity index (χ2n) is 6.83. The predicted molar refractivity (Wildman–Crippen MR) is 111 cm³/mol. The summed E-state index contributed by atoms with van der Waals surface area (Å²) in [4.78, 5) is 12.9. The molecule has 0 spiro atoms. The number of halogens is 2. The highest BCUT2D eigenvalue weighted by Crippen LogP contribution is 2.45. The van der Waals surface area contributed by atoms with Gasteiger partial charge in [-0.3, -0.25) is 0 Å². The fourth-order valence-electron chi connectivity index (χ4n) is 3.99. The summed E-state index contributed by atoms with van der Waals surface area (Å²) in [5.74, 6) is -1.46. The van der Waals surface area contributed by atoms with Gasteiger partial charge in [-0.05, 0) is 12.1 Å². The number of carbonyl (C=O) groups is 1. The average molecular weight is 444 g/mol. The maximum absolute atomic E-state index is 12.9. The van der Waals surface area contributed by atoms with Crippen LogP contribution in [0, 0.1) is 0 Å². The number of para-hydroxylation sites is 1. The molecular weight excluding hydrogens is 419 g/mol. The first-order valence-electron chi connectivity index (χ1n) is 8.97. The van der Waals surface area contributed by atoms with Gasteiger partial charge >= 0.3 is 11.6 Å². The molecule has 2 aromatic carbocycles. The molecule has 0 aliphatic carbocycles. The quantitative estimate of drug-likeness (QED) is 0.316. The molecular formula is C20H25Cl2N2O5+. The van der Waals surface area contributed by atoms with E-state index in [1.54, 1.807) is 24.3 Å². The Hall–Kier alpha value is -1.87. The second kappa shape index (κ2) is 8.87. The number of quaternary nitrogens is 1. The number of hydrogen-bond donors (Lipinski definition) is 5. The molecule has 5 N–H and O–H groups in total. The molecule has 158 valence electrons. The monoisotopic (exact) mass is 443 g/mol. The molecule has 2 aromatic rings. The van der Waals surface area contributed by atoms with E-state index in [-0.39, 0.29) is 21.3 Å². The number of carboxylic acid groups (broad SMARTS) is 1. The van der Waals surface area contributed by atoms with Gasteiger partial charge in [-0.15, -0.1) is 0 Å². The van der Waals surface area contributed by atoms with E-state index in [2.05, 4.69) is 5.32 Å². The summed E-state index contributed by atoms with van der Waals surface area (Å²) < 4.78 is -1.08. The van der Waals surface area contributed by atoms with Crippen molar-refractivity contribution in [2.75, 3.05) is 5.32 Å². The zero-order valence-electron chi connectivity index (χ0n) is 16.3. The van der Waals surface area contributed by atoms with Crippen LogP contribution in [-0.4, -0.2) is 49.6 Å². The number of aliphatic carboxylic acids is 1. The number of aliphatic hydroxyl groups is 3. The van der Waals surface area contributed by atoms with Crippen molar-refractivity contribution in [2.45, 2.75) is 45.1 Å². The summed E-state index contributed by atoms with van der Waals surface area (Å²) in [7, 11) is 0. The Balaban J connectivity index is 3.00. The number of nitrogens with one attached hydrogen (secondary N) is 1. The van der Waals surface area contributed by atoms with Crippen LogP contribution in [0.3, 0.4) is 0 Å². The molecule has 9 heteroatoms. The smallest absolute Gasteiger partial charge is 0.393 e. The molecule has 7 nitrogen and oxygen atoms in total. The van der Waals surface area contributed by atoms with E-state index in [1.807, 2.05) is 0 Å². The van der Waals surface area contributed by atoms with Gasteiger partial charge in [0.25, 0.3) is 0 Å². The molecule has 4 unspecified atom stereocenters. The maximum Gasteiger partial charge on any atom is 0.393 e. The number of nitrogens with zero attached hydrogens (tertiary/aromatic N) is 1. The topological polar surface area (TPSA) is 110 Å². The van der Waals surface area contributed by atoms with Gasteiger partial charge < -0.3 is 25.7 Å². The number of rotatable bonds is 8. The minimum Gasteiger partial charge on any atom is -0.475 e. The molecule has 0 bridgehead atoms. The van der Waals surface area contributed by atoms with Crippen molar-refractivity contribution >= 4 is 34.9 Å². The van der Waals surface area contributed by atoms with Crippen molar-refractivity contribution in [3.05, 3.63) is 64.1 Å². The molecule has 0 fully saturated rings. The van der Waals surface area contributed by atoms with Crippen LogP contribution in [0.4, 0.5) is 5.69 Å². The van der Waals surface area contributed by atoms with Crippen molar-refractivity contribution in [2.24, 2.45) is 0 Å². The molecule has 0 aliphatic heterocycles. The summed E-state index contributed by atoms with van der Waals surface area (Å²) >= 11 is 12.6. The van der Waals surface area contributed by atoms with E-state index in [9.17, 15) is 25.2 Å². The van der Waals surface area contributed by atoms with Gasteiger partial charge in [-0.1, -0.05) is 59.6 Å². The molecule has 0 heterocycles.